The van der Waals surface area contributed by atoms with Crippen molar-refractivity contribution in [3.8, 4) is 0 Å². The van der Waals surface area contributed by atoms with E-state index in [2.05, 4.69) is 20.1 Å². The smallest absolute Gasteiger partial charge is 0.397 e. The molecule has 3 amide bonds. The van der Waals surface area contributed by atoms with Crippen molar-refractivity contribution in [2.75, 3.05) is 33.0 Å². The van der Waals surface area contributed by atoms with Gasteiger partial charge in [0, 0.05) is 27.2 Å². The van der Waals surface area contributed by atoms with Crippen molar-refractivity contribution in [1.82, 2.24) is 16.0 Å². The number of carbonyl (C=O) groups is 4. The van der Waals surface area contributed by atoms with Gasteiger partial charge in [0.2, 0.25) is 17.7 Å². The van der Waals surface area contributed by atoms with Crippen LogP contribution >= 0.6 is 0 Å². The van der Waals surface area contributed by atoms with E-state index in [4.69, 9.17) is 37.9 Å². The number of hydrogen-bond acceptors (Lipinski definition) is 29. The van der Waals surface area contributed by atoms with Crippen LogP contribution in [0.5, 0.6) is 0 Å². The predicted molar refractivity (Wildman–Crippen MR) is 230 cm³/mol. The molecule has 25 atom stereocenters. The van der Waals surface area contributed by atoms with Crippen molar-refractivity contribution >= 4 is 34.1 Å². The van der Waals surface area contributed by atoms with Gasteiger partial charge in [-0.3, -0.25) is 18.9 Å². The second-order valence-electron chi connectivity index (χ2n) is 17.9. The van der Waals surface area contributed by atoms with Gasteiger partial charge in [0.05, 0.1) is 57.3 Å². The first-order valence-corrected chi connectivity index (χ1v) is 24.0. The van der Waals surface area contributed by atoms with E-state index in [-0.39, 0.29) is 0 Å². The highest BCUT2D eigenvalue weighted by Gasteiger charge is 2.59. The maximum absolute atomic E-state index is 13.0. The summed E-state index contributed by atoms with van der Waals surface area (Å²) >= 11 is 0. The summed E-state index contributed by atoms with van der Waals surface area (Å²) in [5.74, 6) is -7.87. The van der Waals surface area contributed by atoms with Crippen LogP contribution in [0.15, 0.2) is 0 Å². The van der Waals surface area contributed by atoms with E-state index in [1.807, 2.05) is 0 Å². The van der Waals surface area contributed by atoms with Gasteiger partial charge in [-0.15, -0.1) is 0 Å². The molecule has 34 nitrogen and oxygen atoms in total. The molecule has 0 saturated carbocycles. The van der Waals surface area contributed by atoms with E-state index in [9.17, 15) is 109 Å². The van der Waals surface area contributed by atoms with Crippen molar-refractivity contribution in [1.29, 1.82) is 0 Å². The van der Waals surface area contributed by atoms with E-state index in [1.54, 1.807) is 0 Å². The first-order chi connectivity index (χ1) is 34.4. The SMILES string of the molecule is CC(=O)N[C@H]1[C@H](O[C@@H]([C@@H](O)[C@H](O)CO[C@]2(C(=O)O)C[C@H](O)[C@@H](NC(C)=O)[C@H]([C@H](O)[C@H](O)CO)O2)[C@H](CO)NC(C)=O)O[C@H](CO)[C@@H](O[C@@H]2O[C@H](CO)[C@H](O)[C@H](OS(=O)(=O)O)[C@H]2O)[C@@H]1O[C@@H]1O[C@@H](C)[C@@H](O)[C@@H](O)[C@@H]1O. The van der Waals surface area contributed by atoms with Crippen LogP contribution in [0.3, 0.4) is 0 Å². The summed E-state index contributed by atoms with van der Waals surface area (Å²) in [5.41, 5.74) is 0. The Morgan fingerprint density at radius 3 is 1.78 bits per heavy atom. The van der Waals surface area contributed by atoms with E-state index >= 15 is 0 Å². The van der Waals surface area contributed by atoms with Crippen molar-refractivity contribution in [3.05, 3.63) is 0 Å². The molecule has 0 aromatic heterocycles. The summed E-state index contributed by atoms with van der Waals surface area (Å²) in [5, 5.41) is 167. The number of carbonyl (C=O) groups excluding carboxylic acids is 3. The fraction of sp³-hybridized carbons (Fsp3) is 0.897. The van der Waals surface area contributed by atoms with Crippen LogP contribution in [0.4, 0.5) is 0 Å². The molecule has 0 bridgehead atoms. The highest BCUT2D eigenvalue weighted by Crippen LogP contribution is 2.37. The third-order valence-electron chi connectivity index (χ3n) is 12.3. The zero-order valence-corrected chi connectivity index (χ0v) is 40.6. The Balaban J connectivity index is 1.79. The number of aliphatic hydroxyl groups is 14. The number of ether oxygens (including phenoxy) is 8. The molecular formula is C39H67N3O31S. The van der Waals surface area contributed by atoms with Crippen molar-refractivity contribution in [2.24, 2.45) is 0 Å². The number of carboxylic acids is 1. The maximum Gasteiger partial charge on any atom is 0.397 e. The first kappa shape index (κ1) is 63.4. The van der Waals surface area contributed by atoms with Gasteiger partial charge >= 0.3 is 16.4 Å². The van der Waals surface area contributed by atoms with Crippen LogP contribution in [-0.4, -0.2) is 299 Å². The molecule has 4 heterocycles. The normalized spacial score (nSPS) is 39.4. The van der Waals surface area contributed by atoms with Crippen LogP contribution in [0.1, 0.15) is 34.1 Å². The molecule has 0 aromatic rings. The number of rotatable bonds is 24. The molecular weight excluding hydrogens is 1040 g/mol. The Labute approximate surface area is 420 Å². The molecule has 0 aromatic carbocycles. The van der Waals surface area contributed by atoms with E-state index in [0.29, 0.717) is 0 Å². The Morgan fingerprint density at radius 2 is 1.26 bits per heavy atom. The quantitative estimate of drug-likeness (QED) is 0.0399. The lowest BCUT2D eigenvalue weighted by Gasteiger charge is -2.51. The Kier molecular flexibility index (Phi) is 23.1. The van der Waals surface area contributed by atoms with Gasteiger partial charge in [-0.25, -0.2) is 8.98 Å². The number of aliphatic hydroxyl groups excluding tert-OH is 14. The standard InChI is InChI=1S/C39H67N3O31S/c1-11-23(53)27(57)28(58)36(66-11)71-33-22(42-14(4)49)35(68-20(9-46)31(33)70-37-29(59)34(73-74(62,63)64)26(56)19(8-45)67-37)69-30(15(6-43)40-12(2)47)25(55)18(52)10-65-39(38(60)61)5-16(50)21(41-13(3)48)32(72-39)24(54)17(51)7-44/h11,15-37,43-46,50-59H,5-10H2,1-4H3,(H,40,47)(H,41,48)(H,42,49)(H,60,61)(H,62,63,64)/t11-,15-,16-,17+,18+,19+,20+,21+,22+,23+,24+,25-,26-,27+,28-,29+,30+,31+,32+,33+,34-,35-,36-,37-,39+/m0/s1. The average Bonchev–Trinajstić information content (AvgIpc) is 3.32. The lowest BCUT2D eigenvalue weighted by Crippen LogP contribution is -2.71. The third-order valence-corrected chi connectivity index (χ3v) is 12.8. The molecule has 19 N–H and O–H groups in total. The lowest BCUT2D eigenvalue weighted by molar-refractivity contribution is -0.377. The Hall–Kier alpha value is -3.13. The minimum Gasteiger partial charge on any atom is -0.477 e. The van der Waals surface area contributed by atoms with Crippen LogP contribution in [0.2, 0.25) is 0 Å². The maximum atomic E-state index is 13.0. The molecule has 74 heavy (non-hydrogen) atoms. The third kappa shape index (κ3) is 15.3. The van der Waals surface area contributed by atoms with Gasteiger partial charge in [-0.2, -0.15) is 8.42 Å². The van der Waals surface area contributed by atoms with Crippen molar-refractivity contribution in [3.63, 3.8) is 0 Å². The number of nitrogens with one attached hydrogen (secondary N) is 3. The largest absolute Gasteiger partial charge is 0.477 e. The second-order valence-corrected chi connectivity index (χ2v) is 18.9. The molecule has 0 aliphatic carbocycles. The first-order valence-electron chi connectivity index (χ1n) is 22.6. The monoisotopic (exact) mass is 1110 g/mol. The van der Waals surface area contributed by atoms with Crippen molar-refractivity contribution < 1.29 is 151 Å². The molecule has 0 unspecified atom stereocenters. The zero-order valence-electron chi connectivity index (χ0n) is 39.8. The molecule has 35 heteroatoms. The van der Waals surface area contributed by atoms with Gasteiger partial charge in [0.1, 0.15) is 104 Å². The second kappa shape index (κ2) is 27.0. The van der Waals surface area contributed by atoms with Crippen LogP contribution in [-0.2, 0) is 71.7 Å². The van der Waals surface area contributed by atoms with Crippen LogP contribution < -0.4 is 16.0 Å². The summed E-state index contributed by atoms with van der Waals surface area (Å²) in [6.45, 7) is -1.95. The van der Waals surface area contributed by atoms with Gasteiger partial charge < -0.3 is 130 Å². The van der Waals surface area contributed by atoms with Gasteiger partial charge in [0.25, 0.3) is 5.79 Å². The number of hydrogen-bond donors (Lipinski definition) is 19. The molecule has 4 aliphatic heterocycles. The molecule has 0 spiro atoms. The van der Waals surface area contributed by atoms with E-state index < -0.39 is 226 Å². The summed E-state index contributed by atoms with van der Waals surface area (Å²) in [6, 6.07) is -5.48. The summed E-state index contributed by atoms with van der Waals surface area (Å²) in [4.78, 5) is 50.3. The minimum absolute atomic E-state index is 0.822. The van der Waals surface area contributed by atoms with Crippen LogP contribution in [0, 0.1) is 0 Å². The topological polar surface area (TPSA) is 545 Å². The summed E-state index contributed by atoms with van der Waals surface area (Å²) in [6.07, 6.45) is -45.3. The molecule has 4 rings (SSSR count). The minimum atomic E-state index is -5.47. The number of carboxylic acid groups (broad SMARTS) is 1. The van der Waals surface area contributed by atoms with Crippen LogP contribution in [0.25, 0.3) is 0 Å². The summed E-state index contributed by atoms with van der Waals surface area (Å²) in [7, 11) is -5.47. The van der Waals surface area contributed by atoms with Gasteiger partial charge in [-0.05, 0) is 6.92 Å². The number of aliphatic carboxylic acids is 1. The molecule has 4 aliphatic rings. The molecule has 430 valence electrons. The highest BCUT2D eigenvalue weighted by molar-refractivity contribution is 7.80. The van der Waals surface area contributed by atoms with Gasteiger partial charge in [0.15, 0.2) is 18.9 Å². The molecule has 4 fully saturated rings. The number of amides is 3. The van der Waals surface area contributed by atoms with E-state index in [1.165, 1.54) is 6.92 Å². The lowest BCUT2D eigenvalue weighted by atomic mass is 9.88. The Bertz CT molecular complexity index is 1960. The predicted octanol–water partition coefficient (Wildman–Crippen LogP) is -11.8. The Morgan fingerprint density at radius 1 is 0.689 bits per heavy atom. The highest BCUT2D eigenvalue weighted by atomic mass is 32.3. The molecule has 4 saturated heterocycles. The average molecular weight is 1110 g/mol. The van der Waals surface area contributed by atoms with E-state index in [0.717, 1.165) is 20.8 Å². The van der Waals surface area contributed by atoms with Crippen molar-refractivity contribution in [2.45, 2.75) is 187 Å². The van der Waals surface area contributed by atoms with Gasteiger partial charge in [-0.1, -0.05) is 0 Å². The fourth-order valence-electron chi connectivity index (χ4n) is 8.61. The molecule has 0 radical (unpaired) electrons. The zero-order chi connectivity index (χ0) is 55.9. The fourth-order valence-corrected chi connectivity index (χ4v) is 9.12. The summed E-state index contributed by atoms with van der Waals surface area (Å²) < 4.78 is 83.4.